The molecule has 0 spiro atoms. The number of carbonyl (C=O) groups is 1. The van der Waals surface area contributed by atoms with Gasteiger partial charge < -0.3 is 15.4 Å². The van der Waals surface area contributed by atoms with E-state index in [0.717, 1.165) is 13.1 Å². The van der Waals surface area contributed by atoms with Crippen molar-refractivity contribution in [2.24, 2.45) is 0 Å². The van der Waals surface area contributed by atoms with Gasteiger partial charge in [-0.2, -0.15) is 0 Å². The normalized spacial score (nSPS) is 15.5. The minimum absolute atomic E-state index is 0.341. The lowest BCUT2D eigenvalue weighted by atomic mass is 10.2. The van der Waals surface area contributed by atoms with Crippen molar-refractivity contribution in [3.8, 4) is 0 Å². The molecular weight excluding hydrogens is 194 g/mol. The van der Waals surface area contributed by atoms with Gasteiger partial charge in [-0.15, -0.1) is 0 Å². The number of rotatable bonds is 3. The van der Waals surface area contributed by atoms with Gasteiger partial charge in [0.25, 0.3) is 0 Å². The quantitative estimate of drug-likeness (QED) is 0.696. The van der Waals surface area contributed by atoms with Crippen molar-refractivity contribution in [1.82, 2.24) is 10.3 Å². The van der Waals surface area contributed by atoms with E-state index in [0.29, 0.717) is 17.4 Å². The van der Waals surface area contributed by atoms with Crippen molar-refractivity contribution in [2.45, 2.75) is 6.04 Å². The van der Waals surface area contributed by atoms with Crippen LogP contribution in [0.1, 0.15) is 10.4 Å². The zero-order valence-corrected chi connectivity index (χ0v) is 8.49. The monoisotopic (exact) mass is 207 g/mol. The van der Waals surface area contributed by atoms with E-state index in [1.165, 1.54) is 7.11 Å². The SMILES string of the molecule is COC(=O)c1ccnc(NC2CNC2)c1. The number of esters is 1. The molecule has 1 aliphatic heterocycles. The Hall–Kier alpha value is -1.62. The van der Waals surface area contributed by atoms with Gasteiger partial charge in [0.2, 0.25) is 0 Å². The number of nitrogens with zero attached hydrogens (tertiary/aromatic N) is 1. The average molecular weight is 207 g/mol. The maximum Gasteiger partial charge on any atom is 0.338 e. The first kappa shape index (κ1) is 9.92. The van der Waals surface area contributed by atoms with E-state index in [4.69, 9.17) is 0 Å². The Labute approximate surface area is 87.8 Å². The molecular formula is C10H13N3O2. The summed E-state index contributed by atoms with van der Waals surface area (Å²) < 4.78 is 4.63. The third-order valence-electron chi connectivity index (χ3n) is 2.31. The lowest BCUT2D eigenvalue weighted by Crippen LogP contribution is -2.51. The highest BCUT2D eigenvalue weighted by atomic mass is 16.5. The highest BCUT2D eigenvalue weighted by molar-refractivity contribution is 5.89. The third kappa shape index (κ3) is 2.24. The summed E-state index contributed by atoms with van der Waals surface area (Å²) in [4.78, 5) is 15.4. The maximum absolute atomic E-state index is 11.2. The maximum atomic E-state index is 11.2. The first-order valence-corrected chi connectivity index (χ1v) is 4.81. The van der Waals surface area contributed by atoms with Gasteiger partial charge in [0.15, 0.2) is 0 Å². The van der Waals surface area contributed by atoms with Crippen LogP contribution in [-0.2, 0) is 4.74 Å². The van der Waals surface area contributed by atoms with Crippen LogP contribution in [0.5, 0.6) is 0 Å². The zero-order chi connectivity index (χ0) is 10.7. The number of hydrogen-bond acceptors (Lipinski definition) is 5. The lowest BCUT2D eigenvalue weighted by Gasteiger charge is -2.28. The molecule has 5 heteroatoms. The standard InChI is InChI=1S/C10H13N3O2/c1-15-10(14)7-2-3-12-9(4-7)13-8-5-11-6-8/h2-4,8,11H,5-6H2,1H3,(H,12,13). The van der Waals surface area contributed by atoms with Crippen LogP contribution in [-0.4, -0.2) is 37.2 Å². The molecule has 1 aromatic heterocycles. The molecule has 0 atom stereocenters. The Morgan fingerprint density at radius 2 is 2.47 bits per heavy atom. The molecule has 1 aliphatic rings. The highest BCUT2D eigenvalue weighted by Gasteiger charge is 2.17. The van der Waals surface area contributed by atoms with Crippen LogP contribution in [0.4, 0.5) is 5.82 Å². The summed E-state index contributed by atoms with van der Waals surface area (Å²) in [6.45, 7) is 1.87. The minimum atomic E-state index is -0.341. The molecule has 0 aromatic carbocycles. The Bertz CT molecular complexity index is 363. The molecule has 1 fully saturated rings. The molecule has 2 N–H and O–H groups in total. The fraction of sp³-hybridized carbons (Fsp3) is 0.400. The van der Waals surface area contributed by atoms with E-state index in [9.17, 15) is 4.79 Å². The molecule has 0 bridgehead atoms. The van der Waals surface area contributed by atoms with Crippen molar-refractivity contribution in [2.75, 3.05) is 25.5 Å². The molecule has 1 saturated heterocycles. The van der Waals surface area contributed by atoms with Gasteiger partial charge in [-0.05, 0) is 12.1 Å². The van der Waals surface area contributed by atoms with Crippen molar-refractivity contribution >= 4 is 11.8 Å². The topological polar surface area (TPSA) is 63.2 Å². The van der Waals surface area contributed by atoms with Gasteiger partial charge in [-0.25, -0.2) is 9.78 Å². The van der Waals surface area contributed by atoms with Crippen molar-refractivity contribution < 1.29 is 9.53 Å². The van der Waals surface area contributed by atoms with Crippen LogP contribution < -0.4 is 10.6 Å². The number of pyridine rings is 1. The first-order valence-electron chi connectivity index (χ1n) is 4.81. The van der Waals surface area contributed by atoms with Crippen LogP contribution in [0, 0.1) is 0 Å². The van der Waals surface area contributed by atoms with E-state index in [-0.39, 0.29) is 5.97 Å². The van der Waals surface area contributed by atoms with Crippen LogP contribution in [0.25, 0.3) is 0 Å². The predicted molar refractivity (Wildman–Crippen MR) is 55.9 cm³/mol. The van der Waals surface area contributed by atoms with E-state index >= 15 is 0 Å². The Morgan fingerprint density at radius 3 is 3.07 bits per heavy atom. The molecule has 2 heterocycles. The van der Waals surface area contributed by atoms with Crippen molar-refractivity contribution in [1.29, 1.82) is 0 Å². The highest BCUT2D eigenvalue weighted by Crippen LogP contribution is 2.10. The van der Waals surface area contributed by atoms with Gasteiger partial charge in [0.05, 0.1) is 18.7 Å². The Balaban J connectivity index is 2.07. The number of hydrogen-bond donors (Lipinski definition) is 2. The van der Waals surface area contributed by atoms with Gasteiger partial charge in [0.1, 0.15) is 5.82 Å². The molecule has 0 saturated carbocycles. The number of methoxy groups -OCH3 is 1. The molecule has 0 aliphatic carbocycles. The summed E-state index contributed by atoms with van der Waals surface area (Å²) in [7, 11) is 1.37. The fourth-order valence-electron chi connectivity index (χ4n) is 1.35. The molecule has 0 amide bonds. The van der Waals surface area contributed by atoms with Gasteiger partial charge >= 0.3 is 5.97 Å². The molecule has 1 aromatic rings. The molecule has 0 unspecified atom stereocenters. The Morgan fingerprint density at radius 1 is 1.67 bits per heavy atom. The van der Waals surface area contributed by atoms with Crippen LogP contribution in [0.2, 0.25) is 0 Å². The second-order valence-electron chi connectivity index (χ2n) is 3.42. The second kappa shape index (κ2) is 4.27. The molecule has 80 valence electrons. The summed E-state index contributed by atoms with van der Waals surface area (Å²) in [6, 6.07) is 3.74. The second-order valence-corrected chi connectivity index (χ2v) is 3.42. The Kier molecular flexibility index (Phi) is 2.82. The molecule has 2 rings (SSSR count). The molecule has 0 radical (unpaired) electrons. The summed E-state index contributed by atoms with van der Waals surface area (Å²) >= 11 is 0. The van der Waals surface area contributed by atoms with E-state index in [1.807, 2.05) is 0 Å². The predicted octanol–water partition coefficient (Wildman–Crippen LogP) is 0.252. The third-order valence-corrected chi connectivity index (χ3v) is 2.31. The minimum Gasteiger partial charge on any atom is -0.465 e. The average Bonchev–Trinajstić information content (AvgIpc) is 2.23. The number of anilines is 1. The summed E-state index contributed by atoms with van der Waals surface area (Å²) in [5, 5.41) is 6.36. The van der Waals surface area contributed by atoms with Crippen molar-refractivity contribution in [3.05, 3.63) is 23.9 Å². The number of nitrogens with one attached hydrogen (secondary N) is 2. The van der Waals surface area contributed by atoms with E-state index in [1.54, 1.807) is 18.3 Å². The van der Waals surface area contributed by atoms with Crippen LogP contribution in [0.3, 0.4) is 0 Å². The van der Waals surface area contributed by atoms with Crippen molar-refractivity contribution in [3.63, 3.8) is 0 Å². The number of aromatic nitrogens is 1. The fourth-order valence-corrected chi connectivity index (χ4v) is 1.35. The van der Waals surface area contributed by atoms with Gasteiger partial charge in [-0.1, -0.05) is 0 Å². The van der Waals surface area contributed by atoms with E-state index < -0.39 is 0 Å². The van der Waals surface area contributed by atoms with Gasteiger partial charge in [0, 0.05) is 19.3 Å². The summed E-state index contributed by atoms with van der Waals surface area (Å²) in [6.07, 6.45) is 1.60. The smallest absolute Gasteiger partial charge is 0.338 e. The number of ether oxygens (including phenoxy) is 1. The first-order chi connectivity index (χ1) is 7.29. The summed E-state index contributed by atoms with van der Waals surface area (Å²) in [5.74, 6) is 0.372. The molecule has 15 heavy (non-hydrogen) atoms. The van der Waals surface area contributed by atoms with Crippen LogP contribution >= 0.6 is 0 Å². The largest absolute Gasteiger partial charge is 0.465 e. The lowest BCUT2D eigenvalue weighted by molar-refractivity contribution is 0.0600. The molecule has 5 nitrogen and oxygen atoms in total. The summed E-state index contributed by atoms with van der Waals surface area (Å²) in [5.41, 5.74) is 0.516. The number of carbonyl (C=O) groups excluding carboxylic acids is 1. The van der Waals surface area contributed by atoms with E-state index in [2.05, 4.69) is 20.4 Å². The van der Waals surface area contributed by atoms with Gasteiger partial charge in [-0.3, -0.25) is 0 Å². The van der Waals surface area contributed by atoms with Crippen LogP contribution in [0.15, 0.2) is 18.3 Å². The zero-order valence-electron chi connectivity index (χ0n) is 8.49.